The summed E-state index contributed by atoms with van der Waals surface area (Å²) in [7, 11) is 0. The lowest BCUT2D eigenvalue weighted by Gasteiger charge is -2.22. The van der Waals surface area contributed by atoms with E-state index in [1.54, 1.807) is 13.0 Å². The molecule has 13 aromatic rings. The van der Waals surface area contributed by atoms with Gasteiger partial charge in [0.1, 0.15) is 0 Å². The fraction of sp³-hybridized carbons (Fsp3) is 0.0822. The SMILES string of the molecule is [C-]#[N+]c1ccc(-c2ccc(-c3c(C)cccc3C(F)(F)F)cc2-n2c3ccc(-c4cccc(C)c4)cc3c3cc(-c4cccc(C)c4)ccc32)c(-n2c3ccc(-c4cccc(C)c4)cc3c3cc(-c4cccc(C)c4)ccc32)c1. The molecule has 13 rings (SSSR count). The second-order valence-electron chi connectivity index (χ2n) is 21.1. The number of fused-ring (bicyclic) bond motifs is 6. The Balaban J connectivity index is 1.13. The molecule has 0 amide bonds. The van der Waals surface area contributed by atoms with Crippen molar-refractivity contribution in [3.63, 3.8) is 0 Å². The Bertz CT molecular complexity index is 4470. The van der Waals surface area contributed by atoms with E-state index in [1.807, 2.05) is 36.4 Å². The first-order valence-electron chi connectivity index (χ1n) is 26.6. The molecule has 0 fully saturated rings. The lowest BCUT2D eigenvalue weighted by Crippen LogP contribution is -2.08. The Morgan fingerprint density at radius 1 is 0.342 bits per heavy atom. The van der Waals surface area contributed by atoms with Gasteiger partial charge in [0.25, 0.3) is 0 Å². The summed E-state index contributed by atoms with van der Waals surface area (Å²) in [4.78, 5) is 4.01. The zero-order valence-electron chi connectivity index (χ0n) is 44.3. The highest BCUT2D eigenvalue weighted by Crippen LogP contribution is 2.47. The monoisotopic (exact) mass is 1030 g/mol. The van der Waals surface area contributed by atoms with E-state index in [0.717, 1.165) is 116 Å². The van der Waals surface area contributed by atoms with Gasteiger partial charge < -0.3 is 9.13 Å². The Kier molecular flexibility index (Phi) is 11.8. The standard InChI is InChI=1S/C73H52F3N3/c1-44-12-7-17-49(34-44)53-23-30-66-61(38-53)62-39-54(50-18-8-13-45(2)35-50)24-31-67(62)78(66)70-42-57(72-48(5)16-11-21-65(72)73(74,75)76)22-28-59(70)60-29-27-58(77-6)43-71(60)79-68-32-25-55(51-19-9-14-46(3)36-51)40-63(68)64-41-56(26-33-69(64)79)52-20-10-15-47(4)37-52/h7-43H,1-5H3. The number of halogens is 3. The van der Waals surface area contributed by atoms with Crippen LogP contribution in [0.5, 0.6) is 0 Å². The van der Waals surface area contributed by atoms with Crippen LogP contribution in [0.25, 0.3) is 127 Å². The first-order valence-corrected chi connectivity index (χ1v) is 26.6. The van der Waals surface area contributed by atoms with Crippen LogP contribution < -0.4 is 0 Å². The summed E-state index contributed by atoms with van der Waals surface area (Å²) in [6.07, 6.45) is -4.61. The summed E-state index contributed by atoms with van der Waals surface area (Å²) in [6.45, 7) is 18.6. The molecule has 0 bridgehead atoms. The van der Waals surface area contributed by atoms with Gasteiger partial charge in [0, 0.05) is 38.4 Å². The van der Waals surface area contributed by atoms with Crippen molar-refractivity contribution in [2.45, 2.75) is 40.8 Å². The molecule has 0 aliphatic heterocycles. The van der Waals surface area contributed by atoms with Crippen molar-refractivity contribution in [3.8, 4) is 78.1 Å². The third-order valence-corrected chi connectivity index (χ3v) is 15.7. The van der Waals surface area contributed by atoms with Crippen molar-refractivity contribution in [2.75, 3.05) is 0 Å². The van der Waals surface area contributed by atoms with Crippen molar-refractivity contribution < 1.29 is 13.2 Å². The van der Waals surface area contributed by atoms with E-state index in [9.17, 15) is 0 Å². The molecule has 0 saturated heterocycles. The predicted octanol–water partition coefficient (Wildman–Crippen LogP) is 21.0. The maximum atomic E-state index is 15.2. The first kappa shape index (κ1) is 48.9. The van der Waals surface area contributed by atoms with Crippen LogP contribution in [-0.4, -0.2) is 9.13 Å². The molecule has 3 nitrogen and oxygen atoms in total. The number of benzene rings is 11. The van der Waals surface area contributed by atoms with Gasteiger partial charge in [0.15, 0.2) is 5.69 Å². The zero-order valence-corrected chi connectivity index (χ0v) is 44.3. The van der Waals surface area contributed by atoms with Crippen LogP contribution in [0.15, 0.2) is 224 Å². The molecule has 2 aromatic heterocycles. The van der Waals surface area contributed by atoms with E-state index in [0.29, 0.717) is 22.5 Å². The number of rotatable bonds is 8. The molecular formula is C73H52F3N3. The van der Waals surface area contributed by atoms with Crippen LogP contribution >= 0.6 is 0 Å². The highest BCUT2D eigenvalue weighted by molar-refractivity contribution is 6.14. The first-order chi connectivity index (χ1) is 38.3. The third kappa shape index (κ3) is 8.65. The smallest absolute Gasteiger partial charge is 0.310 e. The van der Waals surface area contributed by atoms with Gasteiger partial charge >= 0.3 is 6.18 Å². The third-order valence-electron chi connectivity index (χ3n) is 15.7. The predicted molar refractivity (Wildman–Crippen MR) is 323 cm³/mol. The van der Waals surface area contributed by atoms with Gasteiger partial charge in [-0.3, -0.25) is 0 Å². The topological polar surface area (TPSA) is 14.2 Å². The normalized spacial score (nSPS) is 11.8. The summed E-state index contributed by atoms with van der Waals surface area (Å²) >= 11 is 0. The molecule has 0 spiro atoms. The van der Waals surface area contributed by atoms with Gasteiger partial charge in [-0.05, 0) is 163 Å². The van der Waals surface area contributed by atoms with Gasteiger partial charge in [-0.25, -0.2) is 4.85 Å². The Labute approximate surface area is 457 Å². The van der Waals surface area contributed by atoms with Gasteiger partial charge in [0.05, 0.1) is 39.9 Å². The van der Waals surface area contributed by atoms with E-state index in [1.165, 1.54) is 23.3 Å². The molecule has 380 valence electrons. The molecule has 0 saturated carbocycles. The lowest BCUT2D eigenvalue weighted by atomic mass is 9.91. The number of hydrogen-bond acceptors (Lipinski definition) is 0. The molecule has 0 aliphatic carbocycles. The number of aromatic nitrogens is 2. The summed E-state index contributed by atoms with van der Waals surface area (Å²) < 4.78 is 50.2. The van der Waals surface area contributed by atoms with E-state index in [-0.39, 0.29) is 5.56 Å². The van der Waals surface area contributed by atoms with E-state index in [4.69, 9.17) is 6.57 Å². The van der Waals surface area contributed by atoms with Gasteiger partial charge in [0.2, 0.25) is 0 Å². The average molecular weight is 1030 g/mol. The van der Waals surface area contributed by atoms with Crippen LogP contribution in [0.3, 0.4) is 0 Å². The highest BCUT2D eigenvalue weighted by atomic mass is 19.4. The molecule has 79 heavy (non-hydrogen) atoms. The number of alkyl halides is 3. The van der Waals surface area contributed by atoms with E-state index < -0.39 is 11.7 Å². The van der Waals surface area contributed by atoms with Crippen LogP contribution in [-0.2, 0) is 6.18 Å². The zero-order chi connectivity index (χ0) is 54.3. The summed E-state index contributed by atoms with van der Waals surface area (Å²) in [6, 6.07) is 76.4. The van der Waals surface area contributed by atoms with Gasteiger partial charge in [-0.2, -0.15) is 13.2 Å². The fourth-order valence-corrected chi connectivity index (χ4v) is 12.0. The number of nitrogens with zero attached hydrogens (tertiary/aromatic N) is 3. The van der Waals surface area contributed by atoms with Crippen molar-refractivity contribution in [3.05, 3.63) is 269 Å². The summed E-state index contributed by atoms with van der Waals surface area (Å²) in [5.74, 6) is 0. The van der Waals surface area contributed by atoms with E-state index in [2.05, 4.69) is 212 Å². The quantitative estimate of drug-likeness (QED) is 0.135. The molecule has 0 radical (unpaired) electrons. The Morgan fingerprint density at radius 2 is 0.684 bits per heavy atom. The van der Waals surface area contributed by atoms with Crippen molar-refractivity contribution >= 4 is 49.3 Å². The second kappa shape index (κ2) is 19.1. The minimum absolute atomic E-state index is 0.131. The molecular weight excluding hydrogens is 976 g/mol. The van der Waals surface area contributed by atoms with Crippen molar-refractivity contribution in [2.24, 2.45) is 0 Å². The number of hydrogen-bond donors (Lipinski definition) is 0. The second-order valence-corrected chi connectivity index (χ2v) is 21.1. The lowest BCUT2D eigenvalue weighted by molar-refractivity contribution is -0.137. The van der Waals surface area contributed by atoms with Gasteiger partial charge in [-0.15, -0.1) is 0 Å². The maximum Gasteiger partial charge on any atom is 0.417 e. The highest BCUT2D eigenvalue weighted by Gasteiger charge is 2.35. The number of aryl methyl sites for hydroxylation is 5. The maximum absolute atomic E-state index is 15.2. The van der Waals surface area contributed by atoms with Crippen molar-refractivity contribution in [1.29, 1.82) is 0 Å². The minimum atomic E-state index is -4.61. The van der Waals surface area contributed by atoms with Crippen LogP contribution in [0.4, 0.5) is 18.9 Å². The Hall–Kier alpha value is -9.70. The minimum Gasteiger partial charge on any atom is -0.310 e. The largest absolute Gasteiger partial charge is 0.417 e. The van der Waals surface area contributed by atoms with Crippen molar-refractivity contribution in [1.82, 2.24) is 9.13 Å². The molecule has 0 N–H and O–H groups in total. The molecule has 0 aliphatic rings. The molecule has 0 unspecified atom stereocenters. The van der Waals surface area contributed by atoms with Crippen LogP contribution in [0.1, 0.15) is 33.4 Å². The van der Waals surface area contributed by atoms with Crippen LogP contribution in [0.2, 0.25) is 0 Å². The molecule has 11 aromatic carbocycles. The molecule has 0 atom stereocenters. The van der Waals surface area contributed by atoms with E-state index >= 15 is 13.2 Å². The fourth-order valence-electron chi connectivity index (χ4n) is 12.0. The summed E-state index contributed by atoms with van der Waals surface area (Å²) in [5, 5.41) is 4.11. The molecule has 6 heteroatoms. The van der Waals surface area contributed by atoms with Gasteiger partial charge in [-0.1, -0.05) is 180 Å². The molecule has 2 heterocycles. The summed E-state index contributed by atoms with van der Waals surface area (Å²) in [5.41, 5.74) is 20.9. The average Bonchev–Trinajstić information content (AvgIpc) is 3.95. The van der Waals surface area contributed by atoms with Crippen LogP contribution in [0, 0.1) is 41.2 Å². The Morgan fingerprint density at radius 3 is 1.05 bits per heavy atom.